The summed E-state index contributed by atoms with van der Waals surface area (Å²) in [5.41, 5.74) is 0.973. The van der Waals surface area contributed by atoms with Crippen LogP contribution in [0.15, 0.2) is 42.5 Å². The van der Waals surface area contributed by atoms with Crippen LogP contribution in [0.5, 0.6) is 0 Å². The van der Waals surface area contributed by atoms with Crippen LogP contribution < -0.4 is 0 Å². The molecule has 0 bridgehead atoms. The van der Waals surface area contributed by atoms with Crippen LogP contribution in [0.25, 0.3) is 10.8 Å². The number of carboxylic acid groups (broad SMARTS) is 1. The zero-order valence-electron chi connectivity index (χ0n) is 12.4. The molecule has 1 atom stereocenters. The van der Waals surface area contributed by atoms with Crippen molar-refractivity contribution in [3.63, 3.8) is 0 Å². The average Bonchev–Trinajstić information content (AvgIpc) is 2.55. The molecule has 1 saturated heterocycles. The highest BCUT2D eigenvalue weighted by atomic mass is 16.4. The van der Waals surface area contributed by atoms with Gasteiger partial charge in [0.05, 0.1) is 12.3 Å². The number of rotatable bonds is 3. The number of fused-ring (bicyclic) bond motifs is 1. The van der Waals surface area contributed by atoms with E-state index in [1.807, 2.05) is 42.5 Å². The van der Waals surface area contributed by atoms with E-state index < -0.39 is 11.9 Å². The maximum atomic E-state index is 12.4. The molecule has 3 rings (SSSR count). The van der Waals surface area contributed by atoms with Crippen molar-refractivity contribution < 1.29 is 14.7 Å². The summed E-state index contributed by atoms with van der Waals surface area (Å²) in [6.07, 6.45) is 1.76. The summed E-state index contributed by atoms with van der Waals surface area (Å²) in [4.78, 5) is 25.2. The lowest BCUT2D eigenvalue weighted by molar-refractivity contribution is -0.145. The average molecular weight is 297 g/mol. The molecule has 1 N–H and O–H groups in total. The van der Waals surface area contributed by atoms with Crippen LogP contribution >= 0.6 is 0 Å². The molecule has 1 aliphatic rings. The number of hydrogen-bond donors (Lipinski definition) is 1. The van der Waals surface area contributed by atoms with Crippen LogP contribution in [0.4, 0.5) is 0 Å². The van der Waals surface area contributed by atoms with Crippen LogP contribution in [0.2, 0.25) is 0 Å². The number of carbonyl (C=O) groups is 2. The van der Waals surface area contributed by atoms with Gasteiger partial charge in [0.25, 0.3) is 0 Å². The van der Waals surface area contributed by atoms with Gasteiger partial charge in [-0.2, -0.15) is 0 Å². The van der Waals surface area contributed by atoms with E-state index in [9.17, 15) is 9.59 Å². The number of likely N-dealkylation sites (tertiary alicyclic amines) is 1. The Labute approximate surface area is 129 Å². The number of benzene rings is 2. The maximum Gasteiger partial charge on any atom is 0.308 e. The third-order valence-corrected chi connectivity index (χ3v) is 4.29. The van der Waals surface area contributed by atoms with E-state index in [0.29, 0.717) is 25.9 Å². The van der Waals surface area contributed by atoms with Crippen molar-refractivity contribution >= 4 is 22.6 Å². The van der Waals surface area contributed by atoms with Crippen molar-refractivity contribution in [1.82, 2.24) is 4.90 Å². The van der Waals surface area contributed by atoms with E-state index in [1.54, 1.807) is 4.90 Å². The minimum atomic E-state index is -0.803. The van der Waals surface area contributed by atoms with Crippen molar-refractivity contribution in [2.45, 2.75) is 19.3 Å². The largest absolute Gasteiger partial charge is 0.481 e. The number of carbonyl (C=O) groups excluding carboxylic acids is 1. The van der Waals surface area contributed by atoms with Crippen molar-refractivity contribution in [3.8, 4) is 0 Å². The lowest BCUT2D eigenvalue weighted by Gasteiger charge is -2.30. The molecule has 1 fully saturated rings. The van der Waals surface area contributed by atoms with Crippen molar-refractivity contribution in [1.29, 1.82) is 0 Å². The summed E-state index contributed by atoms with van der Waals surface area (Å²) < 4.78 is 0. The Balaban J connectivity index is 1.71. The highest BCUT2D eigenvalue weighted by molar-refractivity contribution is 5.85. The molecule has 0 saturated carbocycles. The standard InChI is InChI=1S/C18H19NO3/c20-17(19-9-3-6-16(12-19)18(21)22)11-13-7-8-14-4-1-2-5-15(14)10-13/h1-2,4-5,7-8,10,16H,3,6,9,11-12H2,(H,21,22)/t16-/m0/s1. The van der Waals surface area contributed by atoms with Crippen molar-refractivity contribution in [2.24, 2.45) is 5.92 Å². The van der Waals surface area contributed by atoms with Gasteiger partial charge >= 0.3 is 5.97 Å². The monoisotopic (exact) mass is 297 g/mol. The summed E-state index contributed by atoms with van der Waals surface area (Å²) in [6.45, 7) is 0.998. The minimum absolute atomic E-state index is 0.0150. The highest BCUT2D eigenvalue weighted by Gasteiger charge is 2.27. The topological polar surface area (TPSA) is 57.6 Å². The van der Waals surface area contributed by atoms with Crippen LogP contribution in [-0.2, 0) is 16.0 Å². The first-order valence-corrected chi connectivity index (χ1v) is 7.62. The fraction of sp³-hybridized carbons (Fsp3) is 0.333. The molecule has 114 valence electrons. The highest BCUT2D eigenvalue weighted by Crippen LogP contribution is 2.19. The Bertz CT molecular complexity index is 710. The number of piperidine rings is 1. The SMILES string of the molecule is O=C(O)[C@H]1CCCN(C(=O)Cc2ccc3ccccc3c2)C1. The van der Waals surface area contributed by atoms with Gasteiger partial charge in [-0.15, -0.1) is 0 Å². The summed E-state index contributed by atoms with van der Waals surface area (Å²) >= 11 is 0. The molecule has 0 aliphatic carbocycles. The number of hydrogen-bond acceptors (Lipinski definition) is 2. The third-order valence-electron chi connectivity index (χ3n) is 4.29. The van der Waals surface area contributed by atoms with Crippen molar-refractivity contribution in [3.05, 3.63) is 48.0 Å². The molecule has 4 nitrogen and oxygen atoms in total. The Morgan fingerprint density at radius 3 is 2.68 bits per heavy atom. The second-order valence-electron chi connectivity index (χ2n) is 5.88. The van der Waals surface area contributed by atoms with Gasteiger partial charge in [0, 0.05) is 13.1 Å². The fourth-order valence-electron chi connectivity index (χ4n) is 3.04. The van der Waals surface area contributed by atoms with Crippen LogP contribution in [0.1, 0.15) is 18.4 Å². The molecule has 1 heterocycles. The molecule has 0 spiro atoms. The van der Waals surface area contributed by atoms with E-state index in [-0.39, 0.29) is 5.91 Å². The van der Waals surface area contributed by atoms with Gasteiger partial charge in [-0.05, 0) is 29.2 Å². The van der Waals surface area contributed by atoms with Crippen LogP contribution in [-0.4, -0.2) is 35.0 Å². The van der Waals surface area contributed by atoms with Gasteiger partial charge in [0.15, 0.2) is 0 Å². The summed E-state index contributed by atoms with van der Waals surface area (Å²) in [5, 5.41) is 11.4. The smallest absolute Gasteiger partial charge is 0.308 e. The summed E-state index contributed by atoms with van der Waals surface area (Å²) in [6, 6.07) is 14.1. The maximum absolute atomic E-state index is 12.4. The molecular weight excluding hydrogens is 278 g/mol. The van der Waals surface area contributed by atoms with Gasteiger partial charge < -0.3 is 10.0 Å². The Morgan fingerprint density at radius 1 is 1.14 bits per heavy atom. The number of amides is 1. The second kappa shape index (κ2) is 6.18. The normalized spacial score (nSPS) is 18.4. The minimum Gasteiger partial charge on any atom is -0.481 e. The second-order valence-corrected chi connectivity index (χ2v) is 5.88. The molecule has 2 aromatic rings. The van der Waals surface area contributed by atoms with Gasteiger partial charge in [0.2, 0.25) is 5.91 Å². The first-order valence-electron chi connectivity index (χ1n) is 7.62. The molecule has 1 aliphatic heterocycles. The lowest BCUT2D eigenvalue weighted by atomic mass is 9.97. The summed E-state index contributed by atoms with van der Waals surface area (Å²) in [7, 11) is 0. The zero-order valence-corrected chi connectivity index (χ0v) is 12.4. The molecular formula is C18H19NO3. The molecule has 22 heavy (non-hydrogen) atoms. The summed E-state index contributed by atoms with van der Waals surface area (Å²) in [5.74, 6) is -1.21. The fourth-order valence-corrected chi connectivity index (χ4v) is 3.04. The Morgan fingerprint density at radius 2 is 1.91 bits per heavy atom. The van der Waals surface area contributed by atoms with E-state index in [4.69, 9.17) is 5.11 Å². The number of aliphatic carboxylic acids is 1. The number of nitrogens with zero attached hydrogens (tertiary/aromatic N) is 1. The predicted molar refractivity (Wildman–Crippen MR) is 84.6 cm³/mol. The molecule has 1 amide bonds. The molecule has 0 radical (unpaired) electrons. The lowest BCUT2D eigenvalue weighted by Crippen LogP contribution is -2.42. The predicted octanol–water partition coefficient (Wildman–Crippen LogP) is 2.71. The van der Waals surface area contributed by atoms with Gasteiger partial charge in [-0.25, -0.2) is 0 Å². The molecule has 4 heteroatoms. The van der Waals surface area contributed by atoms with E-state index >= 15 is 0 Å². The Kier molecular flexibility index (Phi) is 4.09. The Hall–Kier alpha value is -2.36. The van der Waals surface area contributed by atoms with Crippen LogP contribution in [0, 0.1) is 5.92 Å². The zero-order chi connectivity index (χ0) is 15.5. The molecule has 2 aromatic carbocycles. The van der Waals surface area contributed by atoms with Gasteiger partial charge in [0.1, 0.15) is 0 Å². The third kappa shape index (κ3) is 3.11. The van der Waals surface area contributed by atoms with E-state index in [1.165, 1.54) is 0 Å². The van der Waals surface area contributed by atoms with Crippen molar-refractivity contribution in [2.75, 3.05) is 13.1 Å². The van der Waals surface area contributed by atoms with Gasteiger partial charge in [-0.3, -0.25) is 9.59 Å². The quantitative estimate of drug-likeness (QED) is 0.947. The first-order chi connectivity index (χ1) is 10.6. The molecule has 0 aromatic heterocycles. The van der Waals surface area contributed by atoms with E-state index in [0.717, 1.165) is 22.8 Å². The molecule has 0 unspecified atom stereocenters. The number of carboxylic acids is 1. The van der Waals surface area contributed by atoms with Gasteiger partial charge in [-0.1, -0.05) is 42.5 Å². The first kappa shape index (κ1) is 14.6. The van der Waals surface area contributed by atoms with Crippen LogP contribution in [0.3, 0.4) is 0 Å². The van der Waals surface area contributed by atoms with E-state index in [2.05, 4.69) is 0 Å².